The van der Waals surface area contributed by atoms with E-state index in [4.69, 9.17) is 0 Å². The first kappa shape index (κ1) is 11.2. The van der Waals surface area contributed by atoms with Crippen LogP contribution in [0, 0.1) is 0 Å². The van der Waals surface area contributed by atoms with Gasteiger partial charge in [-0.05, 0) is 23.3 Å². The van der Waals surface area contributed by atoms with E-state index in [0.29, 0.717) is 5.69 Å². The lowest BCUT2D eigenvalue weighted by atomic mass is 10.0. The van der Waals surface area contributed by atoms with Crippen LogP contribution in [0.5, 0.6) is 0 Å². The molecule has 0 atom stereocenters. The maximum absolute atomic E-state index is 10.9. The Morgan fingerprint density at radius 3 is 2.88 bits per heavy atom. The number of carbonyl (C=O) groups excluding carboxylic acids is 1. The largest absolute Gasteiger partial charge is 0.296 e. The maximum atomic E-state index is 10.9. The Morgan fingerprint density at radius 2 is 2.12 bits per heavy atom. The first-order valence-corrected chi connectivity index (χ1v) is 5.28. The number of pyridine rings is 1. The van der Waals surface area contributed by atoms with Crippen LogP contribution in [0.15, 0.2) is 47.6 Å². The molecule has 1 heterocycles. The molecule has 0 aliphatic rings. The minimum atomic E-state index is 0.457. The van der Waals surface area contributed by atoms with Crippen molar-refractivity contribution in [1.82, 2.24) is 4.98 Å². The molecule has 0 aliphatic carbocycles. The number of aliphatic imine (C=N–C) groups is 1. The van der Waals surface area contributed by atoms with Crippen LogP contribution >= 0.6 is 0 Å². The van der Waals surface area contributed by atoms with Gasteiger partial charge in [-0.15, -0.1) is 0 Å². The fourth-order valence-corrected chi connectivity index (χ4v) is 1.69. The van der Waals surface area contributed by atoms with Crippen LogP contribution < -0.4 is 0 Å². The maximum Gasteiger partial charge on any atom is 0.169 e. The summed E-state index contributed by atoms with van der Waals surface area (Å²) in [5.41, 5.74) is 3.27. The molecule has 0 radical (unpaired) electrons. The van der Waals surface area contributed by atoms with Gasteiger partial charge in [-0.1, -0.05) is 24.3 Å². The normalized spacial score (nSPS) is 10.6. The quantitative estimate of drug-likeness (QED) is 0.594. The number of aromatic nitrogens is 1. The number of aldehydes is 1. The number of hydrogen-bond donors (Lipinski definition) is 0. The molecule has 0 amide bonds. The van der Waals surface area contributed by atoms with Crippen LogP contribution in [0.2, 0.25) is 0 Å². The van der Waals surface area contributed by atoms with Crippen LogP contribution in [-0.4, -0.2) is 24.5 Å². The summed E-state index contributed by atoms with van der Waals surface area (Å²) in [5, 5.41) is 0. The summed E-state index contributed by atoms with van der Waals surface area (Å²) in [7, 11) is 1.73. The second-order valence-electron chi connectivity index (χ2n) is 3.57. The summed E-state index contributed by atoms with van der Waals surface area (Å²) in [5.74, 6) is 0. The highest BCUT2D eigenvalue weighted by molar-refractivity contribution is 5.87. The molecule has 3 heteroatoms. The van der Waals surface area contributed by atoms with Crippen molar-refractivity contribution in [2.24, 2.45) is 4.99 Å². The SMILES string of the molecule is C/N=C/c1cccc(-c2cccnc2C=O)c1. The van der Waals surface area contributed by atoms with Crippen molar-refractivity contribution >= 4 is 12.5 Å². The van der Waals surface area contributed by atoms with Crippen LogP contribution in [0.25, 0.3) is 11.1 Å². The third kappa shape index (κ3) is 2.45. The summed E-state index contributed by atoms with van der Waals surface area (Å²) in [6, 6.07) is 11.6. The fourth-order valence-electron chi connectivity index (χ4n) is 1.69. The molecular formula is C14H12N2O. The van der Waals surface area contributed by atoms with Gasteiger partial charge in [-0.3, -0.25) is 14.8 Å². The molecule has 0 saturated heterocycles. The molecular weight excluding hydrogens is 212 g/mol. The second kappa shape index (κ2) is 5.16. The molecule has 0 fully saturated rings. The smallest absolute Gasteiger partial charge is 0.169 e. The van der Waals surface area contributed by atoms with E-state index < -0.39 is 0 Å². The molecule has 84 valence electrons. The molecule has 0 aliphatic heterocycles. The average molecular weight is 224 g/mol. The van der Waals surface area contributed by atoms with Gasteiger partial charge in [0.05, 0.1) is 0 Å². The zero-order chi connectivity index (χ0) is 12.1. The van der Waals surface area contributed by atoms with Gasteiger partial charge in [0.2, 0.25) is 0 Å². The number of benzene rings is 1. The van der Waals surface area contributed by atoms with Crippen molar-refractivity contribution in [2.75, 3.05) is 7.05 Å². The monoisotopic (exact) mass is 224 g/mol. The highest BCUT2D eigenvalue weighted by Crippen LogP contribution is 2.21. The van der Waals surface area contributed by atoms with Gasteiger partial charge in [0.15, 0.2) is 6.29 Å². The van der Waals surface area contributed by atoms with Crippen molar-refractivity contribution < 1.29 is 4.79 Å². The first-order chi connectivity index (χ1) is 8.35. The Morgan fingerprint density at radius 1 is 1.24 bits per heavy atom. The van der Waals surface area contributed by atoms with Crippen molar-refractivity contribution in [3.05, 3.63) is 53.9 Å². The minimum absolute atomic E-state index is 0.457. The van der Waals surface area contributed by atoms with Crippen LogP contribution in [0.4, 0.5) is 0 Å². The van der Waals surface area contributed by atoms with Crippen molar-refractivity contribution in [3.8, 4) is 11.1 Å². The molecule has 3 nitrogen and oxygen atoms in total. The van der Waals surface area contributed by atoms with E-state index in [1.807, 2.05) is 36.4 Å². The summed E-state index contributed by atoms with van der Waals surface area (Å²) in [6.45, 7) is 0. The topological polar surface area (TPSA) is 42.3 Å². The van der Waals surface area contributed by atoms with E-state index >= 15 is 0 Å². The summed E-state index contributed by atoms with van der Waals surface area (Å²) >= 11 is 0. The second-order valence-corrected chi connectivity index (χ2v) is 3.57. The van der Waals surface area contributed by atoms with Gasteiger partial charge in [-0.2, -0.15) is 0 Å². The highest BCUT2D eigenvalue weighted by atomic mass is 16.1. The Bertz CT molecular complexity index is 562. The van der Waals surface area contributed by atoms with E-state index in [0.717, 1.165) is 23.0 Å². The van der Waals surface area contributed by atoms with Gasteiger partial charge in [0.25, 0.3) is 0 Å². The lowest BCUT2D eigenvalue weighted by Gasteiger charge is -2.04. The van der Waals surface area contributed by atoms with Crippen LogP contribution in [-0.2, 0) is 0 Å². The summed E-state index contributed by atoms with van der Waals surface area (Å²) in [6.07, 6.45) is 4.17. The number of nitrogens with zero attached hydrogens (tertiary/aromatic N) is 2. The van der Waals surface area contributed by atoms with Crippen molar-refractivity contribution in [1.29, 1.82) is 0 Å². The van der Waals surface area contributed by atoms with Crippen molar-refractivity contribution in [2.45, 2.75) is 0 Å². The van der Waals surface area contributed by atoms with Gasteiger partial charge in [0.1, 0.15) is 5.69 Å². The molecule has 0 N–H and O–H groups in total. The lowest BCUT2D eigenvalue weighted by Crippen LogP contribution is -1.92. The van der Waals surface area contributed by atoms with Gasteiger partial charge in [-0.25, -0.2) is 0 Å². The fraction of sp³-hybridized carbons (Fsp3) is 0.0714. The minimum Gasteiger partial charge on any atom is -0.296 e. The Balaban J connectivity index is 2.52. The van der Waals surface area contributed by atoms with E-state index in [2.05, 4.69) is 9.98 Å². The third-order valence-electron chi connectivity index (χ3n) is 2.43. The predicted molar refractivity (Wildman–Crippen MR) is 68.6 cm³/mol. The number of carbonyl (C=O) groups is 1. The molecule has 1 aromatic heterocycles. The van der Waals surface area contributed by atoms with E-state index in [-0.39, 0.29) is 0 Å². The molecule has 2 aromatic rings. The van der Waals surface area contributed by atoms with Crippen LogP contribution in [0.3, 0.4) is 0 Å². The Kier molecular flexibility index (Phi) is 3.40. The zero-order valence-corrected chi connectivity index (χ0v) is 9.50. The molecule has 2 rings (SSSR count). The lowest BCUT2D eigenvalue weighted by molar-refractivity contribution is 0.111. The highest BCUT2D eigenvalue weighted by Gasteiger charge is 2.04. The molecule has 17 heavy (non-hydrogen) atoms. The average Bonchev–Trinajstić information content (AvgIpc) is 2.39. The molecule has 0 spiro atoms. The predicted octanol–water partition coefficient (Wildman–Crippen LogP) is 2.61. The van der Waals surface area contributed by atoms with Crippen molar-refractivity contribution in [3.63, 3.8) is 0 Å². The molecule has 1 aromatic carbocycles. The third-order valence-corrected chi connectivity index (χ3v) is 2.43. The standard InChI is InChI=1S/C14H12N2O/c1-15-9-11-4-2-5-12(8-11)13-6-3-7-16-14(13)10-17/h2-10H,1H3/b15-9+. The van der Waals surface area contributed by atoms with Crippen LogP contribution in [0.1, 0.15) is 16.1 Å². The number of rotatable bonds is 3. The Hall–Kier alpha value is -2.29. The van der Waals surface area contributed by atoms with E-state index in [1.165, 1.54) is 0 Å². The molecule has 0 unspecified atom stereocenters. The van der Waals surface area contributed by atoms with Gasteiger partial charge >= 0.3 is 0 Å². The first-order valence-electron chi connectivity index (χ1n) is 5.28. The van der Waals surface area contributed by atoms with Gasteiger partial charge < -0.3 is 0 Å². The number of hydrogen-bond acceptors (Lipinski definition) is 3. The van der Waals surface area contributed by atoms with E-state index in [9.17, 15) is 4.79 Å². The zero-order valence-electron chi connectivity index (χ0n) is 9.50. The summed E-state index contributed by atoms with van der Waals surface area (Å²) < 4.78 is 0. The van der Waals surface area contributed by atoms with Gasteiger partial charge in [0, 0.05) is 25.0 Å². The Labute approximate surface area is 99.9 Å². The molecule has 0 bridgehead atoms. The van der Waals surface area contributed by atoms with E-state index in [1.54, 1.807) is 19.5 Å². The molecule has 0 saturated carbocycles. The summed E-state index contributed by atoms with van der Waals surface area (Å²) in [4.78, 5) is 18.9.